The predicted molar refractivity (Wildman–Crippen MR) is 70.6 cm³/mol. The van der Waals surface area contributed by atoms with E-state index < -0.39 is 0 Å². The van der Waals surface area contributed by atoms with Gasteiger partial charge in [-0.3, -0.25) is 4.90 Å². The van der Waals surface area contributed by atoms with Gasteiger partial charge < -0.3 is 9.73 Å². The Morgan fingerprint density at radius 3 is 2.65 bits per heavy atom. The molecule has 0 amide bonds. The molecular formula is C11H17Cl2N3O. The van der Waals surface area contributed by atoms with Crippen molar-refractivity contribution in [3.05, 3.63) is 24.2 Å². The van der Waals surface area contributed by atoms with Gasteiger partial charge in [0.2, 0.25) is 0 Å². The highest BCUT2D eigenvalue weighted by Crippen LogP contribution is 2.24. The highest BCUT2D eigenvalue weighted by molar-refractivity contribution is 5.85. The summed E-state index contributed by atoms with van der Waals surface area (Å²) in [5.74, 6) is 0.901. The van der Waals surface area contributed by atoms with Crippen LogP contribution < -0.4 is 5.32 Å². The number of hydrogen-bond donors (Lipinski definition) is 1. The Bertz CT molecular complexity index is 331. The molecule has 6 heteroatoms. The Morgan fingerprint density at radius 2 is 2.12 bits per heavy atom. The molecule has 1 N–H and O–H groups in total. The summed E-state index contributed by atoms with van der Waals surface area (Å²) in [4.78, 5) is 2.30. The zero-order valence-corrected chi connectivity index (χ0v) is 11.1. The fourth-order valence-electron chi connectivity index (χ4n) is 1.97. The number of hydrogen-bond acceptors (Lipinski definition) is 4. The van der Waals surface area contributed by atoms with Gasteiger partial charge in [-0.2, -0.15) is 5.26 Å². The minimum Gasteiger partial charge on any atom is -0.468 e. The minimum absolute atomic E-state index is 0. The van der Waals surface area contributed by atoms with Crippen molar-refractivity contribution < 1.29 is 4.42 Å². The summed E-state index contributed by atoms with van der Waals surface area (Å²) in [7, 11) is 0. The lowest BCUT2D eigenvalue weighted by atomic mass is 10.1. The van der Waals surface area contributed by atoms with E-state index in [2.05, 4.69) is 16.3 Å². The van der Waals surface area contributed by atoms with Crippen molar-refractivity contribution in [3.63, 3.8) is 0 Å². The van der Waals surface area contributed by atoms with Gasteiger partial charge in [0, 0.05) is 26.2 Å². The molecule has 1 aliphatic rings. The average Bonchev–Trinajstić information content (AvgIpc) is 2.80. The second-order valence-corrected chi connectivity index (χ2v) is 3.68. The fraction of sp³-hybridized carbons (Fsp3) is 0.545. The van der Waals surface area contributed by atoms with Crippen LogP contribution in [-0.4, -0.2) is 31.1 Å². The van der Waals surface area contributed by atoms with Crippen molar-refractivity contribution >= 4 is 24.8 Å². The van der Waals surface area contributed by atoms with Crippen LogP contribution in [0.3, 0.4) is 0 Å². The quantitative estimate of drug-likeness (QED) is 0.918. The first-order valence-electron chi connectivity index (χ1n) is 5.27. The molecular weight excluding hydrogens is 261 g/mol. The van der Waals surface area contributed by atoms with Gasteiger partial charge in [0.25, 0.3) is 0 Å². The van der Waals surface area contributed by atoms with E-state index in [1.807, 2.05) is 12.1 Å². The highest BCUT2D eigenvalue weighted by atomic mass is 35.5. The number of halogens is 2. The maximum absolute atomic E-state index is 8.83. The van der Waals surface area contributed by atoms with Crippen LogP contribution in [-0.2, 0) is 0 Å². The van der Waals surface area contributed by atoms with Crippen LogP contribution in [0.1, 0.15) is 18.2 Å². The summed E-state index contributed by atoms with van der Waals surface area (Å²) in [6.45, 7) is 3.94. The number of piperazine rings is 1. The first kappa shape index (κ1) is 16.3. The predicted octanol–water partition coefficient (Wildman–Crippen LogP) is 1.98. The van der Waals surface area contributed by atoms with Crippen molar-refractivity contribution in [2.45, 2.75) is 12.5 Å². The van der Waals surface area contributed by atoms with Gasteiger partial charge in [-0.05, 0) is 12.1 Å². The van der Waals surface area contributed by atoms with Crippen molar-refractivity contribution in [1.29, 1.82) is 5.26 Å². The van der Waals surface area contributed by atoms with Gasteiger partial charge in [0.1, 0.15) is 5.76 Å². The zero-order valence-electron chi connectivity index (χ0n) is 9.46. The molecule has 2 rings (SSSR count). The molecule has 0 radical (unpaired) electrons. The molecule has 2 heterocycles. The lowest BCUT2D eigenvalue weighted by Gasteiger charge is -2.32. The Hall–Kier alpha value is -0.730. The average molecular weight is 278 g/mol. The molecule has 1 atom stereocenters. The standard InChI is InChI=1S/C11H15N3O.2ClH/c12-4-3-10(11-2-1-9-15-11)14-7-5-13-6-8-14;;/h1-2,9-10,13H,3,5-8H2;2*1H/t10-;;/m0../s1. The maximum atomic E-state index is 8.83. The van der Waals surface area contributed by atoms with E-state index in [4.69, 9.17) is 9.68 Å². The van der Waals surface area contributed by atoms with Crippen LogP contribution in [0.4, 0.5) is 0 Å². The monoisotopic (exact) mass is 277 g/mol. The molecule has 4 nitrogen and oxygen atoms in total. The first-order valence-corrected chi connectivity index (χ1v) is 5.27. The van der Waals surface area contributed by atoms with Crippen molar-refractivity contribution in [3.8, 4) is 6.07 Å². The Kier molecular flexibility index (Phi) is 8.01. The smallest absolute Gasteiger partial charge is 0.121 e. The summed E-state index contributed by atoms with van der Waals surface area (Å²) in [6.07, 6.45) is 2.16. The molecule has 1 aromatic rings. The molecule has 1 fully saturated rings. The van der Waals surface area contributed by atoms with Crippen LogP contribution in [0, 0.1) is 11.3 Å². The number of nitriles is 1. The molecule has 0 saturated carbocycles. The molecule has 0 bridgehead atoms. The molecule has 0 aliphatic carbocycles. The largest absolute Gasteiger partial charge is 0.468 e. The van der Waals surface area contributed by atoms with Gasteiger partial charge in [-0.25, -0.2) is 0 Å². The summed E-state index contributed by atoms with van der Waals surface area (Å²) in [5.41, 5.74) is 0. The van der Waals surface area contributed by atoms with Crippen LogP contribution >= 0.6 is 24.8 Å². The van der Waals surface area contributed by atoms with Crippen molar-refractivity contribution in [2.24, 2.45) is 0 Å². The summed E-state index contributed by atoms with van der Waals surface area (Å²) in [5, 5.41) is 12.1. The van der Waals surface area contributed by atoms with E-state index in [1.165, 1.54) is 0 Å². The topological polar surface area (TPSA) is 52.2 Å². The molecule has 0 unspecified atom stereocenters. The van der Waals surface area contributed by atoms with Crippen LogP contribution in [0.25, 0.3) is 0 Å². The third kappa shape index (κ3) is 4.21. The van der Waals surface area contributed by atoms with E-state index >= 15 is 0 Å². The normalized spacial score (nSPS) is 17.4. The highest BCUT2D eigenvalue weighted by Gasteiger charge is 2.23. The molecule has 1 aromatic heterocycles. The lowest BCUT2D eigenvalue weighted by molar-refractivity contribution is 0.157. The minimum atomic E-state index is 0. The number of nitrogens with one attached hydrogen (secondary N) is 1. The molecule has 96 valence electrons. The Morgan fingerprint density at radius 1 is 1.41 bits per heavy atom. The Balaban J connectivity index is 0.00000128. The van der Waals surface area contributed by atoms with Crippen molar-refractivity contribution in [2.75, 3.05) is 26.2 Å². The van der Waals surface area contributed by atoms with Crippen molar-refractivity contribution in [1.82, 2.24) is 10.2 Å². The Labute approximate surface area is 114 Å². The van der Waals surface area contributed by atoms with Gasteiger partial charge in [-0.15, -0.1) is 24.8 Å². The van der Waals surface area contributed by atoms with E-state index in [0.29, 0.717) is 6.42 Å². The van der Waals surface area contributed by atoms with Crippen LogP contribution in [0.5, 0.6) is 0 Å². The van der Waals surface area contributed by atoms with Gasteiger partial charge >= 0.3 is 0 Å². The second-order valence-electron chi connectivity index (χ2n) is 3.68. The lowest BCUT2D eigenvalue weighted by Crippen LogP contribution is -2.45. The van der Waals surface area contributed by atoms with Gasteiger partial charge in [0.15, 0.2) is 0 Å². The molecule has 0 aromatic carbocycles. The third-order valence-corrected chi connectivity index (χ3v) is 2.75. The van der Waals surface area contributed by atoms with Crippen LogP contribution in [0.15, 0.2) is 22.8 Å². The summed E-state index contributed by atoms with van der Waals surface area (Å²) < 4.78 is 5.39. The molecule has 0 spiro atoms. The summed E-state index contributed by atoms with van der Waals surface area (Å²) >= 11 is 0. The zero-order chi connectivity index (χ0) is 10.5. The molecule has 17 heavy (non-hydrogen) atoms. The first-order chi connectivity index (χ1) is 7.42. The van der Waals surface area contributed by atoms with Gasteiger partial charge in [0.05, 0.1) is 24.8 Å². The third-order valence-electron chi connectivity index (χ3n) is 2.75. The SMILES string of the molecule is Cl.Cl.N#CC[C@@H](c1ccco1)N1CCNCC1. The second kappa shape index (κ2) is 8.37. The van der Waals surface area contributed by atoms with Crippen LogP contribution in [0.2, 0.25) is 0 Å². The van der Waals surface area contributed by atoms with E-state index in [0.717, 1.165) is 31.9 Å². The van der Waals surface area contributed by atoms with E-state index in [9.17, 15) is 0 Å². The number of furan rings is 1. The van der Waals surface area contributed by atoms with Gasteiger partial charge in [-0.1, -0.05) is 0 Å². The summed E-state index contributed by atoms with van der Waals surface area (Å²) in [6, 6.07) is 6.17. The fourth-order valence-corrected chi connectivity index (χ4v) is 1.97. The van der Waals surface area contributed by atoms with E-state index in [1.54, 1.807) is 6.26 Å². The molecule has 1 saturated heterocycles. The number of nitrogens with zero attached hydrogens (tertiary/aromatic N) is 2. The number of rotatable bonds is 3. The maximum Gasteiger partial charge on any atom is 0.121 e. The molecule has 1 aliphatic heterocycles. The van der Waals surface area contributed by atoms with E-state index in [-0.39, 0.29) is 30.9 Å².